The van der Waals surface area contributed by atoms with Crippen LogP contribution >= 0.6 is 0 Å². The van der Waals surface area contributed by atoms with Crippen molar-refractivity contribution in [2.45, 2.75) is 33.1 Å². The molecule has 1 N–H and O–H groups in total. The summed E-state index contributed by atoms with van der Waals surface area (Å²) in [7, 11) is 1.62. The average molecular weight is 341 g/mol. The zero-order chi connectivity index (χ0) is 19.3. The molecule has 0 aliphatic carbocycles. The second-order valence-corrected chi connectivity index (χ2v) is 5.61. The van der Waals surface area contributed by atoms with Gasteiger partial charge >= 0.3 is 0 Å². The topological polar surface area (TPSA) is 29.5 Å². The monoisotopic (exact) mass is 340 g/mol. The summed E-state index contributed by atoms with van der Waals surface area (Å²) >= 11 is 0. The van der Waals surface area contributed by atoms with Crippen LogP contribution < -0.4 is 0 Å². The number of aliphatic hydroxyl groups excluding tert-OH is 1. The molecule has 2 heteroatoms. The molecule has 0 rings (SSSR count). The molecule has 136 valence electrons. The summed E-state index contributed by atoms with van der Waals surface area (Å²) < 4.78 is 5.26. The smallest absolute Gasteiger partial charge is 0.118 e. The lowest BCUT2D eigenvalue weighted by atomic mass is 9.68. The second kappa shape index (κ2) is 12.0. The molecule has 0 bridgehead atoms. The molecule has 0 amide bonds. The molecule has 0 saturated carbocycles. The van der Waals surface area contributed by atoms with Crippen molar-refractivity contribution in [1.82, 2.24) is 0 Å². The van der Waals surface area contributed by atoms with Crippen LogP contribution in [0.3, 0.4) is 0 Å². The molecule has 0 heterocycles. The van der Waals surface area contributed by atoms with E-state index in [1.54, 1.807) is 19.3 Å². The summed E-state index contributed by atoms with van der Waals surface area (Å²) in [6, 6.07) is 0. The summed E-state index contributed by atoms with van der Waals surface area (Å²) in [5.74, 6) is 0.812. The lowest BCUT2D eigenvalue weighted by Crippen LogP contribution is -2.24. The summed E-state index contributed by atoms with van der Waals surface area (Å²) in [5, 5.41) is 9.70. The van der Waals surface area contributed by atoms with Crippen LogP contribution in [0.2, 0.25) is 0 Å². The van der Waals surface area contributed by atoms with E-state index in [9.17, 15) is 5.11 Å². The number of hydrogen-bond acceptors (Lipinski definition) is 2. The van der Waals surface area contributed by atoms with Crippen LogP contribution in [0.15, 0.2) is 97.6 Å². The maximum absolute atomic E-state index is 9.70. The van der Waals surface area contributed by atoms with E-state index in [4.69, 9.17) is 4.74 Å². The van der Waals surface area contributed by atoms with Crippen molar-refractivity contribution < 1.29 is 9.84 Å². The van der Waals surface area contributed by atoms with Crippen molar-refractivity contribution in [3.63, 3.8) is 0 Å². The van der Waals surface area contributed by atoms with E-state index in [2.05, 4.69) is 40.2 Å². The van der Waals surface area contributed by atoms with Crippen LogP contribution in [0.1, 0.15) is 33.1 Å². The first-order valence-electron chi connectivity index (χ1n) is 8.57. The third-order valence-corrected chi connectivity index (χ3v) is 4.33. The fourth-order valence-electron chi connectivity index (χ4n) is 2.95. The van der Waals surface area contributed by atoms with Gasteiger partial charge in [-0.2, -0.15) is 0 Å². The van der Waals surface area contributed by atoms with Gasteiger partial charge in [0.2, 0.25) is 0 Å². The number of rotatable bonds is 12. The molecule has 0 aromatic heterocycles. The van der Waals surface area contributed by atoms with Gasteiger partial charge in [-0.25, -0.2) is 0 Å². The molecule has 0 aromatic carbocycles. The van der Waals surface area contributed by atoms with E-state index in [0.717, 1.165) is 30.4 Å². The minimum atomic E-state index is -0.243. The van der Waals surface area contributed by atoms with E-state index in [-0.39, 0.29) is 11.2 Å². The molecule has 2 nitrogen and oxygen atoms in total. The zero-order valence-electron chi connectivity index (χ0n) is 15.9. The Morgan fingerprint density at radius 2 is 1.44 bits per heavy atom. The number of hydrogen-bond donors (Lipinski definition) is 1. The number of methoxy groups -OCH3 is 1. The molecule has 25 heavy (non-hydrogen) atoms. The van der Waals surface area contributed by atoms with Gasteiger partial charge in [0.25, 0.3) is 0 Å². The van der Waals surface area contributed by atoms with Gasteiger partial charge in [0.1, 0.15) is 11.5 Å². The van der Waals surface area contributed by atoms with Gasteiger partial charge in [-0.15, -0.1) is 0 Å². The predicted octanol–water partition coefficient (Wildman–Crippen LogP) is 6.75. The third kappa shape index (κ3) is 6.15. The van der Waals surface area contributed by atoms with Crippen molar-refractivity contribution in [1.29, 1.82) is 0 Å². The molecule has 0 saturated heterocycles. The Labute approximate surface area is 153 Å². The van der Waals surface area contributed by atoms with Crippen molar-refractivity contribution in [3.8, 4) is 0 Å². The van der Waals surface area contributed by atoms with Crippen molar-refractivity contribution >= 4 is 0 Å². The first-order valence-corrected chi connectivity index (χ1v) is 8.57. The van der Waals surface area contributed by atoms with Gasteiger partial charge in [0.05, 0.1) is 7.11 Å². The second-order valence-electron chi connectivity index (χ2n) is 5.61. The maximum atomic E-state index is 9.70. The van der Waals surface area contributed by atoms with Crippen LogP contribution in [-0.4, -0.2) is 12.2 Å². The largest absolute Gasteiger partial charge is 0.508 e. The fourth-order valence-corrected chi connectivity index (χ4v) is 2.95. The highest BCUT2D eigenvalue weighted by Gasteiger charge is 2.32. The van der Waals surface area contributed by atoms with Gasteiger partial charge in [0.15, 0.2) is 0 Å². The van der Waals surface area contributed by atoms with Gasteiger partial charge in [0, 0.05) is 5.41 Å². The highest BCUT2D eigenvalue weighted by Crippen LogP contribution is 2.44. The first kappa shape index (κ1) is 22.5. The molecule has 0 aromatic rings. The summed E-state index contributed by atoms with van der Waals surface area (Å²) in [6.45, 7) is 19.6. The van der Waals surface area contributed by atoms with Crippen molar-refractivity contribution in [3.05, 3.63) is 97.6 Å². The summed E-state index contributed by atoms with van der Waals surface area (Å²) in [6.07, 6.45) is 17.1. The maximum Gasteiger partial charge on any atom is 0.118 e. The van der Waals surface area contributed by atoms with E-state index < -0.39 is 0 Å². The third-order valence-electron chi connectivity index (χ3n) is 4.33. The van der Waals surface area contributed by atoms with Crippen molar-refractivity contribution in [2.24, 2.45) is 5.41 Å². The van der Waals surface area contributed by atoms with E-state index >= 15 is 0 Å². The lowest BCUT2D eigenvalue weighted by Gasteiger charge is -2.36. The average Bonchev–Trinajstić information content (AvgIpc) is 2.64. The standard InChI is InChI=1S/C23H32O2/c1-8-18-23(13-6,19(9-2)14-16-21(24)11-4)20(10-3)15-17-22(12-5)25-7/h9-12,14-17,24H,2-5,8,13,18H2,1,6-7H3/b19-14+,20-15+,21-16+,22-17+. The lowest BCUT2D eigenvalue weighted by molar-refractivity contribution is 0.307. The van der Waals surface area contributed by atoms with Gasteiger partial charge in [-0.3, -0.25) is 0 Å². The molecule has 0 spiro atoms. The first-order chi connectivity index (χ1) is 12.0. The summed E-state index contributed by atoms with van der Waals surface area (Å²) in [5.41, 5.74) is 1.86. The highest BCUT2D eigenvalue weighted by atomic mass is 16.5. The Morgan fingerprint density at radius 1 is 0.880 bits per heavy atom. The molecule has 1 unspecified atom stereocenters. The van der Waals surface area contributed by atoms with Gasteiger partial charge < -0.3 is 9.84 Å². The quantitative estimate of drug-likeness (QED) is 0.314. The van der Waals surface area contributed by atoms with Crippen molar-refractivity contribution in [2.75, 3.05) is 7.11 Å². The molecular weight excluding hydrogens is 308 g/mol. The van der Waals surface area contributed by atoms with E-state index in [1.165, 1.54) is 6.08 Å². The summed E-state index contributed by atoms with van der Waals surface area (Å²) in [4.78, 5) is 0. The van der Waals surface area contributed by atoms with E-state index in [0.29, 0.717) is 5.76 Å². The Balaban J connectivity index is 6.40. The zero-order valence-corrected chi connectivity index (χ0v) is 15.9. The van der Waals surface area contributed by atoms with Crippen LogP contribution in [0.4, 0.5) is 0 Å². The Morgan fingerprint density at radius 3 is 1.80 bits per heavy atom. The van der Waals surface area contributed by atoms with Crippen LogP contribution in [0.25, 0.3) is 0 Å². The molecule has 0 aliphatic rings. The molecule has 0 radical (unpaired) electrons. The Bertz CT molecular complexity index is 600. The molecule has 0 aliphatic heterocycles. The molecular formula is C23H32O2. The molecule has 1 atom stereocenters. The molecule has 0 fully saturated rings. The number of allylic oxidation sites excluding steroid dienone is 10. The van der Waals surface area contributed by atoms with Crippen LogP contribution in [-0.2, 0) is 4.74 Å². The minimum Gasteiger partial charge on any atom is -0.508 e. The Hall–Kier alpha value is -2.48. The SMILES string of the molecule is C=C/C(O)=C\C=C(/C=C)C(CC)(CCC)/C(C=C)=C/C=C(\C=C)OC. The predicted molar refractivity (Wildman–Crippen MR) is 110 cm³/mol. The Kier molecular flexibility index (Phi) is 10.8. The van der Waals surface area contributed by atoms with Crippen LogP contribution in [0.5, 0.6) is 0 Å². The van der Waals surface area contributed by atoms with Gasteiger partial charge in [-0.05, 0) is 48.3 Å². The van der Waals surface area contributed by atoms with Gasteiger partial charge in [-0.1, -0.05) is 70.9 Å². The fraction of sp³-hybridized carbons (Fsp3) is 0.304. The number of aliphatic hydroxyl groups is 1. The minimum absolute atomic E-state index is 0.123. The van der Waals surface area contributed by atoms with Crippen LogP contribution in [0, 0.1) is 5.41 Å². The highest BCUT2D eigenvalue weighted by molar-refractivity contribution is 5.44. The number of ether oxygens (including phenoxy) is 1. The van der Waals surface area contributed by atoms with E-state index in [1.807, 2.05) is 30.4 Å². The normalized spacial score (nSPS) is 16.0.